The fourth-order valence-electron chi connectivity index (χ4n) is 1.77. The maximum absolute atomic E-state index is 11.8. The smallest absolute Gasteiger partial charge is 0.255 e. The first-order chi connectivity index (χ1) is 7.91. The van der Waals surface area contributed by atoms with E-state index in [-0.39, 0.29) is 11.6 Å². The van der Waals surface area contributed by atoms with Crippen molar-refractivity contribution in [3.63, 3.8) is 0 Å². The van der Waals surface area contributed by atoms with E-state index in [1.807, 2.05) is 13.8 Å². The van der Waals surface area contributed by atoms with E-state index in [0.29, 0.717) is 23.7 Å². The molecule has 0 aliphatic carbocycles. The standard InChI is InChI=1S/C11H19N3O2S/c1-7(12-5-6-17(4)16)10-8(2)13-9(3)14-11(10)15/h7,12H,5-6H2,1-4H3,(H,13,14,15). The lowest BCUT2D eigenvalue weighted by atomic mass is 10.1. The van der Waals surface area contributed by atoms with Crippen molar-refractivity contribution in [3.8, 4) is 0 Å². The minimum Gasteiger partial charge on any atom is -0.310 e. The van der Waals surface area contributed by atoms with Crippen molar-refractivity contribution in [1.82, 2.24) is 15.3 Å². The molecule has 1 heterocycles. The van der Waals surface area contributed by atoms with Crippen molar-refractivity contribution < 1.29 is 4.21 Å². The van der Waals surface area contributed by atoms with Gasteiger partial charge in [0.15, 0.2) is 0 Å². The lowest BCUT2D eigenvalue weighted by Crippen LogP contribution is -2.30. The summed E-state index contributed by atoms with van der Waals surface area (Å²) in [5.74, 6) is 1.21. The Kier molecular flexibility index (Phi) is 5.02. The summed E-state index contributed by atoms with van der Waals surface area (Å²) in [5.41, 5.74) is 1.29. The normalized spacial score (nSPS) is 14.6. The molecule has 0 fully saturated rings. The molecule has 1 aromatic heterocycles. The zero-order valence-corrected chi connectivity index (χ0v) is 11.5. The molecule has 0 bridgehead atoms. The molecule has 0 saturated carbocycles. The van der Waals surface area contributed by atoms with E-state index in [0.717, 1.165) is 5.69 Å². The summed E-state index contributed by atoms with van der Waals surface area (Å²) < 4.78 is 10.9. The van der Waals surface area contributed by atoms with Crippen LogP contribution in [-0.2, 0) is 10.8 Å². The number of nitrogens with one attached hydrogen (secondary N) is 2. The van der Waals surface area contributed by atoms with E-state index < -0.39 is 10.8 Å². The second-order valence-electron chi connectivity index (χ2n) is 4.10. The van der Waals surface area contributed by atoms with Gasteiger partial charge in [0.05, 0.1) is 5.56 Å². The fourth-order valence-corrected chi connectivity index (χ4v) is 2.17. The van der Waals surface area contributed by atoms with Crippen molar-refractivity contribution in [2.24, 2.45) is 0 Å². The van der Waals surface area contributed by atoms with E-state index in [9.17, 15) is 9.00 Å². The Labute approximate surface area is 104 Å². The summed E-state index contributed by atoms with van der Waals surface area (Å²) in [6.07, 6.45) is 1.66. The third-order valence-electron chi connectivity index (χ3n) is 2.54. The monoisotopic (exact) mass is 257 g/mol. The van der Waals surface area contributed by atoms with E-state index in [1.165, 1.54) is 0 Å². The van der Waals surface area contributed by atoms with Crippen LogP contribution in [0.4, 0.5) is 0 Å². The van der Waals surface area contributed by atoms with Gasteiger partial charge in [-0.1, -0.05) is 0 Å². The molecule has 0 aromatic carbocycles. The van der Waals surface area contributed by atoms with Gasteiger partial charge < -0.3 is 10.3 Å². The highest BCUT2D eigenvalue weighted by molar-refractivity contribution is 7.84. The van der Waals surface area contributed by atoms with Crippen molar-refractivity contribution in [3.05, 3.63) is 27.4 Å². The summed E-state index contributed by atoms with van der Waals surface area (Å²) >= 11 is 0. The number of hydrogen-bond acceptors (Lipinski definition) is 4. The molecular weight excluding hydrogens is 238 g/mol. The molecule has 2 N–H and O–H groups in total. The second kappa shape index (κ2) is 6.07. The molecule has 0 aliphatic rings. The Bertz CT molecular complexity index is 470. The molecule has 2 unspecified atom stereocenters. The van der Waals surface area contributed by atoms with Gasteiger partial charge in [0.1, 0.15) is 5.82 Å². The third-order valence-corrected chi connectivity index (χ3v) is 3.32. The lowest BCUT2D eigenvalue weighted by molar-refractivity contribution is 0.583. The van der Waals surface area contributed by atoms with Gasteiger partial charge in [0.2, 0.25) is 0 Å². The van der Waals surface area contributed by atoms with Gasteiger partial charge in [-0.2, -0.15) is 0 Å². The molecule has 96 valence electrons. The molecule has 1 aromatic rings. The summed E-state index contributed by atoms with van der Waals surface area (Å²) in [6.45, 7) is 6.12. The molecule has 0 radical (unpaired) electrons. The van der Waals surface area contributed by atoms with Gasteiger partial charge >= 0.3 is 0 Å². The predicted octanol–water partition coefficient (Wildman–Crippen LogP) is 0.416. The summed E-state index contributed by atoms with van der Waals surface area (Å²) in [7, 11) is -0.817. The van der Waals surface area contributed by atoms with E-state index >= 15 is 0 Å². The number of nitrogens with zero attached hydrogens (tertiary/aromatic N) is 1. The van der Waals surface area contributed by atoms with Crippen molar-refractivity contribution in [2.45, 2.75) is 26.8 Å². The Morgan fingerprint density at radius 3 is 2.65 bits per heavy atom. The molecule has 17 heavy (non-hydrogen) atoms. The van der Waals surface area contributed by atoms with E-state index in [1.54, 1.807) is 13.2 Å². The first-order valence-corrected chi connectivity index (χ1v) is 7.25. The summed E-state index contributed by atoms with van der Waals surface area (Å²) in [6, 6.07) is -0.0876. The zero-order chi connectivity index (χ0) is 13.0. The van der Waals surface area contributed by atoms with Crippen LogP contribution in [-0.4, -0.2) is 32.7 Å². The quantitative estimate of drug-likeness (QED) is 0.801. The molecule has 1 rings (SSSR count). The van der Waals surface area contributed by atoms with Gasteiger partial charge in [0.25, 0.3) is 5.56 Å². The van der Waals surface area contributed by atoms with Gasteiger partial charge in [-0.25, -0.2) is 4.98 Å². The van der Waals surface area contributed by atoms with Crippen LogP contribution in [0.3, 0.4) is 0 Å². The van der Waals surface area contributed by atoms with Crippen LogP contribution in [0.15, 0.2) is 4.79 Å². The predicted molar refractivity (Wildman–Crippen MR) is 69.7 cm³/mol. The number of aryl methyl sites for hydroxylation is 2. The van der Waals surface area contributed by atoms with Gasteiger partial charge in [0, 0.05) is 41.1 Å². The highest BCUT2D eigenvalue weighted by atomic mass is 32.2. The van der Waals surface area contributed by atoms with Crippen LogP contribution in [0, 0.1) is 13.8 Å². The van der Waals surface area contributed by atoms with E-state index in [2.05, 4.69) is 15.3 Å². The molecule has 0 saturated heterocycles. The molecule has 5 nitrogen and oxygen atoms in total. The molecule has 2 atom stereocenters. The molecular formula is C11H19N3O2S. The van der Waals surface area contributed by atoms with Gasteiger partial charge in [-0.15, -0.1) is 0 Å². The van der Waals surface area contributed by atoms with Crippen LogP contribution in [0.5, 0.6) is 0 Å². The average Bonchev–Trinajstić information content (AvgIpc) is 2.14. The number of hydrogen-bond donors (Lipinski definition) is 2. The van der Waals surface area contributed by atoms with Crippen LogP contribution < -0.4 is 10.9 Å². The number of aromatic nitrogens is 2. The van der Waals surface area contributed by atoms with Crippen LogP contribution in [0.25, 0.3) is 0 Å². The average molecular weight is 257 g/mol. The van der Waals surface area contributed by atoms with Gasteiger partial charge in [-0.05, 0) is 20.8 Å². The van der Waals surface area contributed by atoms with E-state index in [4.69, 9.17) is 0 Å². The highest BCUT2D eigenvalue weighted by Gasteiger charge is 2.13. The minimum atomic E-state index is -0.817. The Balaban J connectivity index is 2.79. The first kappa shape index (κ1) is 14.1. The fraction of sp³-hybridized carbons (Fsp3) is 0.636. The topological polar surface area (TPSA) is 74.8 Å². The second-order valence-corrected chi connectivity index (χ2v) is 5.66. The molecule has 0 spiro atoms. The molecule has 0 amide bonds. The number of rotatable bonds is 5. The number of H-pyrrole nitrogens is 1. The van der Waals surface area contributed by atoms with Crippen LogP contribution in [0.1, 0.15) is 30.0 Å². The Morgan fingerprint density at radius 2 is 2.12 bits per heavy atom. The largest absolute Gasteiger partial charge is 0.310 e. The summed E-state index contributed by atoms with van der Waals surface area (Å²) in [4.78, 5) is 18.7. The van der Waals surface area contributed by atoms with Crippen molar-refractivity contribution in [2.75, 3.05) is 18.6 Å². The third kappa shape index (κ3) is 4.05. The Morgan fingerprint density at radius 1 is 1.47 bits per heavy atom. The SMILES string of the molecule is Cc1nc(C)c(C(C)NCCS(C)=O)c(=O)[nH]1. The lowest BCUT2D eigenvalue weighted by Gasteiger charge is -2.14. The summed E-state index contributed by atoms with van der Waals surface area (Å²) in [5, 5.41) is 3.18. The maximum atomic E-state index is 11.8. The van der Waals surface area contributed by atoms with Gasteiger partial charge in [-0.3, -0.25) is 9.00 Å². The Hall–Kier alpha value is -1.01. The molecule has 6 heteroatoms. The van der Waals surface area contributed by atoms with Crippen molar-refractivity contribution >= 4 is 10.8 Å². The maximum Gasteiger partial charge on any atom is 0.255 e. The highest BCUT2D eigenvalue weighted by Crippen LogP contribution is 2.10. The van der Waals surface area contributed by atoms with Crippen LogP contribution >= 0.6 is 0 Å². The van der Waals surface area contributed by atoms with Crippen molar-refractivity contribution in [1.29, 1.82) is 0 Å². The number of aromatic amines is 1. The molecule has 0 aliphatic heterocycles. The zero-order valence-electron chi connectivity index (χ0n) is 10.7. The minimum absolute atomic E-state index is 0.0876. The van der Waals surface area contributed by atoms with Crippen LogP contribution in [0.2, 0.25) is 0 Å². The first-order valence-electron chi connectivity index (χ1n) is 5.52.